The van der Waals surface area contributed by atoms with Gasteiger partial charge in [-0.1, -0.05) is 36.4 Å². The third-order valence-corrected chi connectivity index (χ3v) is 3.35. The van der Waals surface area contributed by atoms with E-state index in [0.717, 1.165) is 11.9 Å². The number of hydrogen-bond acceptors (Lipinski definition) is 2. The van der Waals surface area contributed by atoms with Gasteiger partial charge in [0.05, 0.1) is 22.9 Å². The van der Waals surface area contributed by atoms with Crippen molar-refractivity contribution in [2.75, 3.05) is 0 Å². The zero-order valence-electron chi connectivity index (χ0n) is 10.9. The first kappa shape index (κ1) is 12.4. The SMILES string of the molecule is O=C(O)c1cccc2ncn(CCc3ccccc3)c12. The summed E-state index contributed by atoms with van der Waals surface area (Å²) in [6.07, 6.45) is 2.56. The number of carboxylic acid groups (broad SMARTS) is 1. The predicted octanol–water partition coefficient (Wildman–Crippen LogP) is 2.98. The molecule has 4 nitrogen and oxygen atoms in total. The molecule has 2 aromatic carbocycles. The van der Waals surface area contributed by atoms with E-state index in [1.807, 2.05) is 28.8 Å². The van der Waals surface area contributed by atoms with Gasteiger partial charge in [-0.15, -0.1) is 0 Å². The summed E-state index contributed by atoms with van der Waals surface area (Å²) in [6, 6.07) is 15.3. The molecule has 0 bridgehead atoms. The first-order chi connectivity index (χ1) is 9.75. The van der Waals surface area contributed by atoms with Crippen molar-refractivity contribution in [1.82, 2.24) is 9.55 Å². The minimum atomic E-state index is -0.919. The van der Waals surface area contributed by atoms with Crippen molar-refractivity contribution in [2.24, 2.45) is 0 Å². The van der Waals surface area contributed by atoms with Crippen LogP contribution in [0.3, 0.4) is 0 Å². The summed E-state index contributed by atoms with van der Waals surface area (Å²) in [4.78, 5) is 15.6. The Bertz CT molecular complexity index is 748. The highest BCUT2D eigenvalue weighted by Gasteiger charge is 2.12. The number of hydrogen-bond donors (Lipinski definition) is 1. The highest BCUT2D eigenvalue weighted by atomic mass is 16.4. The zero-order valence-corrected chi connectivity index (χ0v) is 10.9. The largest absolute Gasteiger partial charge is 0.478 e. The fraction of sp³-hybridized carbons (Fsp3) is 0.125. The van der Waals surface area contributed by atoms with Crippen LogP contribution in [0.4, 0.5) is 0 Å². The van der Waals surface area contributed by atoms with Crippen molar-refractivity contribution in [2.45, 2.75) is 13.0 Å². The molecule has 0 aliphatic carbocycles. The standard InChI is InChI=1S/C16H14N2O2/c19-16(20)13-7-4-8-14-15(13)18(11-17-14)10-9-12-5-2-1-3-6-12/h1-8,11H,9-10H2,(H,19,20). The minimum Gasteiger partial charge on any atom is -0.478 e. The van der Waals surface area contributed by atoms with Gasteiger partial charge in [-0.25, -0.2) is 9.78 Å². The lowest BCUT2D eigenvalue weighted by molar-refractivity contribution is 0.0698. The van der Waals surface area contributed by atoms with Gasteiger partial charge in [0.15, 0.2) is 0 Å². The molecule has 0 saturated heterocycles. The smallest absolute Gasteiger partial charge is 0.337 e. The number of nitrogens with zero attached hydrogens (tertiary/aromatic N) is 2. The Balaban J connectivity index is 1.94. The molecule has 1 N–H and O–H groups in total. The van der Waals surface area contributed by atoms with Gasteiger partial charge in [0, 0.05) is 6.54 Å². The van der Waals surface area contributed by atoms with Crippen molar-refractivity contribution in [3.05, 3.63) is 66.0 Å². The van der Waals surface area contributed by atoms with Crippen LogP contribution in [0.15, 0.2) is 54.9 Å². The Morgan fingerprint density at radius 2 is 1.90 bits per heavy atom. The van der Waals surface area contributed by atoms with E-state index in [0.29, 0.717) is 17.6 Å². The summed E-state index contributed by atoms with van der Waals surface area (Å²) >= 11 is 0. The number of aromatic carboxylic acids is 1. The maximum atomic E-state index is 11.3. The molecule has 0 amide bonds. The van der Waals surface area contributed by atoms with E-state index in [9.17, 15) is 9.90 Å². The van der Waals surface area contributed by atoms with Gasteiger partial charge in [-0.3, -0.25) is 0 Å². The minimum absolute atomic E-state index is 0.299. The van der Waals surface area contributed by atoms with Crippen molar-refractivity contribution in [3.8, 4) is 0 Å². The van der Waals surface area contributed by atoms with E-state index in [1.54, 1.807) is 18.5 Å². The first-order valence-electron chi connectivity index (χ1n) is 6.47. The lowest BCUT2D eigenvalue weighted by atomic mass is 10.1. The number of para-hydroxylation sites is 1. The maximum Gasteiger partial charge on any atom is 0.337 e. The number of aryl methyl sites for hydroxylation is 2. The van der Waals surface area contributed by atoms with Gasteiger partial charge in [0.25, 0.3) is 0 Å². The summed E-state index contributed by atoms with van der Waals surface area (Å²) in [5.74, 6) is -0.919. The van der Waals surface area contributed by atoms with Gasteiger partial charge in [-0.05, 0) is 24.1 Å². The van der Waals surface area contributed by atoms with Crippen molar-refractivity contribution in [1.29, 1.82) is 0 Å². The van der Waals surface area contributed by atoms with Crippen LogP contribution in [0, 0.1) is 0 Å². The normalized spacial score (nSPS) is 10.8. The van der Waals surface area contributed by atoms with E-state index in [4.69, 9.17) is 0 Å². The zero-order chi connectivity index (χ0) is 13.9. The summed E-state index contributed by atoms with van der Waals surface area (Å²) in [7, 11) is 0. The molecule has 3 rings (SSSR count). The Morgan fingerprint density at radius 3 is 2.65 bits per heavy atom. The van der Waals surface area contributed by atoms with Crippen LogP contribution in [-0.4, -0.2) is 20.6 Å². The summed E-state index contributed by atoms with van der Waals surface area (Å²) in [5.41, 5.74) is 2.93. The highest BCUT2D eigenvalue weighted by molar-refractivity contribution is 6.01. The Hall–Kier alpha value is -2.62. The number of rotatable bonds is 4. The van der Waals surface area contributed by atoms with Crippen LogP contribution in [-0.2, 0) is 13.0 Å². The Labute approximate surface area is 116 Å². The van der Waals surface area contributed by atoms with Crippen LogP contribution >= 0.6 is 0 Å². The third kappa shape index (κ3) is 2.28. The van der Waals surface area contributed by atoms with Gasteiger partial charge in [0.2, 0.25) is 0 Å². The molecule has 0 saturated carbocycles. The van der Waals surface area contributed by atoms with Gasteiger partial charge < -0.3 is 9.67 Å². The molecule has 0 atom stereocenters. The topological polar surface area (TPSA) is 55.1 Å². The van der Waals surface area contributed by atoms with E-state index in [-0.39, 0.29) is 0 Å². The maximum absolute atomic E-state index is 11.3. The van der Waals surface area contributed by atoms with Gasteiger partial charge in [0.1, 0.15) is 0 Å². The quantitative estimate of drug-likeness (QED) is 0.789. The summed E-state index contributed by atoms with van der Waals surface area (Å²) < 4.78 is 1.91. The molecule has 100 valence electrons. The van der Waals surface area contributed by atoms with E-state index >= 15 is 0 Å². The van der Waals surface area contributed by atoms with E-state index in [1.165, 1.54) is 5.56 Å². The van der Waals surface area contributed by atoms with Crippen LogP contribution in [0.1, 0.15) is 15.9 Å². The first-order valence-corrected chi connectivity index (χ1v) is 6.47. The van der Waals surface area contributed by atoms with Crippen molar-refractivity contribution in [3.63, 3.8) is 0 Å². The van der Waals surface area contributed by atoms with Crippen LogP contribution < -0.4 is 0 Å². The number of benzene rings is 2. The molecule has 0 radical (unpaired) electrons. The molecule has 20 heavy (non-hydrogen) atoms. The van der Waals surface area contributed by atoms with Crippen molar-refractivity contribution >= 4 is 17.0 Å². The molecule has 0 spiro atoms. The third-order valence-electron chi connectivity index (χ3n) is 3.35. The molecule has 1 aromatic heterocycles. The molecule has 0 unspecified atom stereocenters. The summed E-state index contributed by atoms with van der Waals surface area (Å²) in [6.45, 7) is 0.713. The molecule has 3 aromatic rings. The highest BCUT2D eigenvalue weighted by Crippen LogP contribution is 2.18. The molecule has 0 aliphatic heterocycles. The fourth-order valence-electron chi connectivity index (χ4n) is 2.36. The van der Waals surface area contributed by atoms with Crippen molar-refractivity contribution < 1.29 is 9.90 Å². The summed E-state index contributed by atoms with van der Waals surface area (Å²) in [5, 5.41) is 9.27. The van der Waals surface area contributed by atoms with Crippen LogP contribution in [0.2, 0.25) is 0 Å². The second kappa shape index (κ2) is 5.17. The Kier molecular flexibility index (Phi) is 3.21. The lowest BCUT2D eigenvalue weighted by Gasteiger charge is -2.06. The molecular weight excluding hydrogens is 252 g/mol. The van der Waals surface area contributed by atoms with Crippen LogP contribution in [0.5, 0.6) is 0 Å². The molecule has 0 fully saturated rings. The molecular formula is C16H14N2O2. The lowest BCUT2D eigenvalue weighted by Crippen LogP contribution is -2.04. The molecule has 4 heteroatoms. The second-order valence-electron chi connectivity index (χ2n) is 4.65. The predicted molar refractivity (Wildman–Crippen MR) is 76.8 cm³/mol. The number of aromatic nitrogens is 2. The molecule has 1 heterocycles. The monoisotopic (exact) mass is 266 g/mol. The van der Waals surface area contributed by atoms with Gasteiger partial charge in [-0.2, -0.15) is 0 Å². The number of fused-ring (bicyclic) bond motifs is 1. The Morgan fingerprint density at radius 1 is 1.10 bits per heavy atom. The second-order valence-corrected chi connectivity index (χ2v) is 4.65. The van der Waals surface area contributed by atoms with Gasteiger partial charge >= 0.3 is 5.97 Å². The number of imidazole rings is 1. The number of carboxylic acids is 1. The number of carbonyl (C=O) groups is 1. The van der Waals surface area contributed by atoms with E-state index < -0.39 is 5.97 Å². The average molecular weight is 266 g/mol. The van der Waals surface area contributed by atoms with E-state index in [2.05, 4.69) is 17.1 Å². The fourth-order valence-corrected chi connectivity index (χ4v) is 2.36. The van der Waals surface area contributed by atoms with Crippen LogP contribution in [0.25, 0.3) is 11.0 Å². The molecule has 0 aliphatic rings. The average Bonchev–Trinajstić information content (AvgIpc) is 2.89.